The van der Waals surface area contributed by atoms with Crippen molar-refractivity contribution < 1.29 is 4.39 Å². The molecule has 6 aromatic rings. The Bertz CT molecular complexity index is 1620. The number of rotatable bonds is 4. The second-order valence-electron chi connectivity index (χ2n) is 7.90. The number of aromatic amines is 2. The zero-order valence-corrected chi connectivity index (χ0v) is 18.6. The highest BCUT2D eigenvalue weighted by atomic mass is 32.1. The van der Waals surface area contributed by atoms with Crippen molar-refractivity contribution in [1.82, 2.24) is 30.1 Å². The lowest BCUT2D eigenvalue weighted by molar-refractivity contribution is 0.636. The Morgan fingerprint density at radius 3 is 2.76 bits per heavy atom. The van der Waals surface area contributed by atoms with E-state index in [-0.39, 0.29) is 5.82 Å². The summed E-state index contributed by atoms with van der Waals surface area (Å²) in [7, 11) is 3.89. The number of pyridine rings is 2. The topological polar surface area (TPSA) is 86.4 Å². The van der Waals surface area contributed by atoms with Gasteiger partial charge in [-0.3, -0.25) is 15.1 Å². The van der Waals surface area contributed by atoms with Gasteiger partial charge in [0, 0.05) is 37.4 Å². The predicted octanol–water partition coefficient (Wildman–Crippen LogP) is 5.50. The van der Waals surface area contributed by atoms with Crippen LogP contribution in [0.1, 0.15) is 0 Å². The summed E-state index contributed by atoms with van der Waals surface area (Å²) in [5, 5.41) is 9.87. The third-order valence-corrected chi connectivity index (χ3v) is 6.45. The molecule has 0 aliphatic heterocycles. The lowest BCUT2D eigenvalue weighted by atomic mass is 10.0. The fraction of sp³-hybridized carbons (Fsp3) is 0.0833. The maximum Gasteiger partial charge on any atom is 0.159 e. The van der Waals surface area contributed by atoms with Crippen molar-refractivity contribution in [2.24, 2.45) is 0 Å². The Balaban J connectivity index is 1.52. The first kappa shape index (κ1) is 19.6. The normalized spacial score (nSPS) is 11.5. The number of halogens is 1. The number of hydrogen-bond donors (Lipinski definition) is 2. The molecule has 0 amide bonds. The lowest BCUT2D eigenvalue weighted by Crippen LogP contribution is -2.08. The van der Waals surface area contributed by atoms with E-state index in [0.717, 1.165) is 38.4 Å². The minimum absolute atomic E-state index is 0.336. The monoisotopic (exact) mass is 455 g/mol. The maximum atomic E-state index is 15.0. The fourth-order valence-corrected chi connectivity index (χ4v) is 4.62. The van der Waals surface area contributed by atoms with Gasteiger partial charge in [-0.1, -0.05) is 6.07 Å². The number of fused-ring (bicyclic) bond motifs is 2. The molecule has 0 aliphatic rings. The van der Waals surface area contributed by atoms with Gasteiger partial charge >= 0.3 is 0 Å². The summed E-state index contributed by atoms with van der Waals surface area (Å²) < 4.78 is 15.0. The highest BCUT2D eigenvalue weighted by Gasteiger charge is 2.19. The van der Waals surface area contributed by atoms with E-state index in [1.165, 1.54) is 6.07 Å². The van der Waals surface area contributed by atoms with Crippen LogP contribution in [0.5, 0.6) is 0 Å². The van der Waals surface area contributed by atoms with Crippen LogP contribution in [0.25, 0.3) is 55.2 Å². The van der Waals surface area contributed by atoms with Gasteiger partial charge in [0.15, 0.2) is 5.82 Å². The van der Waals surface area contributed by atoms with Gasteiger partial charge in [0.25, 0.3) is 0 Å². The molecule has 5 aromatic heterocycles. The van der Waals surface area contributed by atoms with Gasteiger partial charge in [0.2, 0.25) is 0 Å². The quantitative estimate of drug-likeness (QED) is 0.367. The van der Waals surface area contributed by atoms with Crippen LogP contribution in [-0.2, 0) is 0 Å². The van der Waals surface area contributed by atoms with Crippen molar-refractivity contribution in [3.8, 4) is 33.2 Å². The zero-order chi connectivity index (χ0) is 22.5. The lowest BCUT2D eigenvalue weighted by Gasteiger charge is -2.13. The molecule has 5 heterocycles. The smallest absolute Gasteiger partial charge is 0.159 e. The van der Waals surface area contributed by atoms with Gasteiger partial charge < -0.3 is 9.88 Å². The summed E-state index contributed by atoms with van der Waals surface area (Å²) in [6.07, 6.45) is 5.26. The van der Waals surface area contributed by atoms with Gasteiger partial charge in [-0.05, 0) is 41.3 Å². The number of H-pyrrole nitrogens is 2. The molecule has 0 aliphatic carbocycles. The van der Waals surface area contributed by atoms with E-state index >= 15 is 4.39 Å². The summed E-state index contributed by atoms with van der Waals surface area (Å²) in [4.78, 5) is 20.0. The van der Waals surface area contributed by atoms with E-state index in [2.05, 4.69) is 25.1 Å². The van der Waals surface area contributed by atoms with Crippen molar-refractivity contribution in [2.45, 2.75) is 0 Å². The van der Waals surface area contributed by atoms with Crippen molar-refractivity contribution in [2.75, 3.05) is 19.0 Å². The van der Waals surface area contributed by atoms with Gasteiger partial charge in [-0.15, -0.1) is 11.3 Å². The summed E-state index contributed by atoms with van der Waals surface area (Å²) in [6.45, 7) is 0. The van der Waals surface area contributed by atoms with E-state index in [1.807, 2.05) is 54.7 Å². The Morgan fingerprint density at radius 2 is 1.94 bits per heavy atom. The molecular formula is C24H18FN7S. The number of aromatic nitrogens is 6. The SMILES string of the molecule is CN(C)c1cncc(-c2cc(F)c3[nH]nc(-c4nc5c(-c6cccs6)nccc5[nH]4)c3c2)c1. The predicted molar refractivity (Wildman–Crippen MR) is 130 cm³/mol. The van der Waals surface area contributed by atoms with Crippen molar-refractivity contribution in [1.29, 1.82) is 0 Å². The fourth-order valence-electron chi connectivity index (χ4n) is 3.90. The molecule has 0 spiro atoms. The zero-order valence-electron chi connectivity index (χ0n) is 17.8. The second-order valence-corrected chi connectivity index (χ2v) is 8.85. The first-order valence-corrected chi connectivity index (χ1v) is 11.2. The van der Waals surface area contributed by atoms with Crippen LogP contribution < -0.4 is 4.90 Å². The molecule has 0 radical (unpaired) electrons. The van der Waals surface area contributed by atoms with E-state index in [4.69, 9.17) is 4.98 Å². The van der Waals surface area contributed by atoms with Crippen molar-refractivity contribution in [3.05, 3.63) is 66.2 Å². The van der Waals surface area contributed by atoms with Crippen LogP contribution in [0, 0.1) is 5.82 Å². The molecule has 0 unspecified atom stereocenters. The van der Waals surface area contributed by atoms with Gasteiger partial charge in [-0.25, -0.2) is 9.37 Å². The van der Waals surface area contributed by atoms with Crippen LogP contribution in [-0.4, -0.2) is 44.2 Å². The molecule has 1 aromatic carbocycles. The Labute approximate surface area is 192 Å². The second kappa shape index (κ2) is 7.49. The average molecular weight is 456 g/mol. The molecule has 162 valence electrons. The van der Waals surface area contributed by atoms with Gasteiger partial charge in [-0.2, -0.15) is 5.10 Å². The Morgan fingerprint density at radius 1 is 1.03 bits per heavy atom. The number of thiophene rings is 1. The van der Waals surface area contributed by atoms with Crippen molar-refractivity contribution >= 4 is 39.0 Å². The van der Waals surface area contributed by atoms with E-state index in [9.17, 15) is 0 Å². The molecule has 6 rings (SSSR count). The Kier molecular flexibility index (Phi) is 4.44. The van der Waals surface area contributed by atoms with Crippen LogP contribution in [0.2, 0.25) is 0 Å². The Hall–Kier alpha value is -4.11. The number of hydrogen-bond acceptors (Lipinski definition) is 6. The summed E-state index contributed by atoms with van der Waals surface area (Å²) >= 11 is 1.61. The molecule has 0 atom stereocenters. The van der Waals surface area contributed by atoms with Crippen LogP contribution >= 0.6 is 11.3 Å². The van der Waals surface area contributed by atoms with Crippen LogP contribution in [0.15, 0.2) is 60.4 Å². The highest BCUT2D eigenvalue weighted by molar-refractivity contribution is 7.13. The summed E-state index contributed by atoms with van der Waals surface area (Å²) in [5.41, 5.74) is 5.77. The van der Waals surface area contributed by atoms with E-state index in [1.54, 1.807) is 29.9 Å². The molecular weight excluding hydrogens is 437 g/mol. The largest absolute Gasteiger partial charge is 0.376 e. The number of imidazole rings is 1. The molecule has 0 bridgehead atoms. The molecule has 33 heavy (non-hydrogen) atoms. The maximum absolute atomic E-state index is 15.0. The van der Waals surface area contributed by atoms with E-state index in [0.29, 0.717) is 22.4 Å². The molecule has 0 saturated carbocycles. The number of nitrogens with one attached hydrogen (secondary N) is 2. The molecule has 9 heteroatoms. The minimum Gasteiger partial charge on any atom is -0.376 e. The summed E-state index contributed by atoms with van der Waals surface area (Å²) in [6, 6.07) is 11.3. The third-order valence-electron chi connectivity index (χ3n) is 5.58. The number of nitrogens with zero attached hydrogens (tertiary/aromatic N) is 5. The first-order valence-electron chi connectivity index (χ1n) is 10.3. The average Bonchev–Trinajstić information content (AvgIpc) is 3.57. The number of benzene rings is 1. The van der Waals surface area contributed by atoms with Gasteiger partial charge in [0.1, 0.15) is 28.2 Å². The third kappa shape index (κ3) is 3.25. The van der Waals surface area contributed by atoms with Gasteiger partial charge in [0.05, 0.1) is 22.3 Å². The molecule has 0 fully saturated rings. The minimum atomic E-state index is -0.381. The van der Waals surface area contributed by atoms with Crippen LogP contribution in [0.4, 0.5) is 10.1 Å². The van der Waals surface area contributed by atoms with E-state index < -0.39 is 0 Å². The molecule has 2 N–H and O–H groups in total. The first-order chi connectivity index (χ1) is 16.1. The van der Waals surface area contributed by atoms with Crippen LogP contribution in [0.3, 0.4) is 0 Å². The standard InChI is InChI=1S/C24H18FN7S/c1-32(2)15-8-14(11-26-12-15)13-9-16-20(17(25)10-13)30-31-21(16)24-28-18-5-6-27-23(22(18)29-24)19-4-3-7-33-19/h3-12H,1-2H3,(H,28,29)(H,30,31). The molecule has 7 nitrogen and oxygen atoms in total. The highest BCUT2D eigenvalue weighted by Crippen LogP contribution is 2.34. The summed E-state index contributed by atoms with van der Waals surface area (Å²) in [5.74, 6) is 0.173. The molecule has 0 saturated heterocycles. The number of anilines is 1. The van der Waals surface area contributed by atoms with Crippen molar-refractivity contribution in [3.63, 3.8) is 0 Å².